The predicted octanol–water partition coefficient (Wildman–Crippen LogP) is 2.32. The van der Waals surface area contributed by atoms with Gasteiger partial charge in [-0.05, 0) is 64.6 Å². The quantitative estimate of drug-likeness (QED) is 0.852. The summed E-state index contributed by atoms with van der Waals surface area (Å²) in [6.45, 7) is 11.3. The smallest absolute Gasteiger partial charge is 0.0249 e. The molecule has 3 saturated heterocycles. The van der Waals surface area contributed by atoms with Crippen LogP contribution in [-0.2, 0) is 0 Å². The van der Waals surface area contributed by atoms with Crippen molar-refractivity contribution in [1.29, 1.82) is 0 Å². The van der Waals surface area contributed by atoms with Gasteiger partial charge in [-0.25, -0.2) is 0 Å². The largest absolute Gasteiger partial charge is 0.310 e. The van der Waals surface area contributed by atoms with E-state index in [0.717, 1.165) is 18.0 Å². The van der Waals surface area contributed by atoms with Crippen molar-refractivity contribution < 1.29 is 0 Å². The fourth-order valence-corrected chi connectivity index (χ4v) is 4.70. The second kappa shape index (κ2) is 6.76. The minimum atomic E-state index is 0.691. The molecule has 3 nitrogen and oxygen atoms in total. The van der Waals surface area contributed by atoms with E-state index in [1.165, 1.54) is 71.2 Å². The van der Waals surface area contributed by atoms with Crippen molar-refractivity contribution in [2.45, 2.75) is 70.5 Å². The Balaban J connectivity index is 1.52. The summed E-state index contributed by atoms with van der Waals surface area (Å²) >= 11 is 0. The maximum absolute atomic E-state index is 4.02. The number of hydrogen-bond donors (Lipinski definition) is 1. The maximum atomic E-state index is 4.02. The molecule has 0 aromatic carbocycles. The average Bonchev–Trinajstić information content (AvgIpc) is 2.90. The van der Waals surface area contributed by atoms with Gasteiger partial charge in [0.2, 0.25) is 0 Å². The Morgan fingerprint density at radius 2 is 1.95 bits per heavy atom. The van der Waals surface area contributed by atoms with E-state index < -0.39 is 0 Å². The first kappa shape index (κ1) is 14.8. The normalized spacial score (nSPS) is 37.8. The summed E-state index contributed by atoms with van der Waals surface area (Å²) in [5.74, 6) is 0.862. The summed E-state index contributed by atoms with van der Waals surface area (Å²) in [7, 11) is 0. The third kappa shape index (κ3) is 3.20. The number of nitrogens with zero attached hydrogens (tertiary/aromatic N) is 2. The van der Waals surface area contributed by atoms with Crippen LogP contribution < -0.4 is 5.32 Å². The number of fused-ring (bicyclic) bond motifs is 1. The van der Waals surface area contributed by atoms with Crippen molar-refractivity contribution in [2.24, 2.45) is 5.92 Å². The molecule has 0 bridgehead atoms. The van der Waals surface area contributed by atoms with Gasteiger partial charge in [-0.1, -0.05) is 13.3 Å². The van der Waals surface area contributed by atoms with E-state index in [-0.39, 0.29) is 0 Å². The van der Waals surface area contributed by atoms with Crippen LogP contribution in [0.4, 0.5) is 0 Å². The first-order chi connectivity index (χ1) is 9.78. The van der Waals surface area contributed by atoms with Gasteiger partial charge in [-0.15, -0.1) is 0 Å². The van der Waals surface area contributed by atoms with Crippen LogP contribution >= 0.6 is 0 Å². The molecule has 0 spiro atoms. The topological polar surface area (TPSA) is 18.5 Å². The molecule has 0 amide bonds. The molecular weight excluding hydrogens is 246 g/mol. The molecule has 3 heterocycles. The van der Waals surface area contributed by atoms with Crippen molar-refractivity contribution in [3.8, 4) is 0 Å². The zero-order chi connectivity index (χ0) is 13.9. The highest BCUT2D eigenvalue weighted by molar-refractivity contribution is 4.96. The molecule has 116 valence electrons. The minimum absolute atomic E-state index is 0.691. The first-order valence-electron chi connectivity index (χ1n) is 9.00. The molecule has 0 aromatic rings. The van der Waals surface area contributed by atoms with Gasteiger partial charge >= 0.3 is 0 Å². The molecule has 0 saturated carbocycles. The monoisotopic (exact) mass is 279 g/mol. The third-order valence-electron chi connectivity index (χ3n) is 6.03. The molecule has 0 aromatic heterocycles. The molecule has 20 heavy (non-hydrogen) atoms. The first-order valence-corrected chi connectivity index (χ1v) is 9.00. The van der Waals surface area contributed by atoms with Gasteiger partial charge in [0.1, 0.15) is 0 Å². The molecular formula is C17H33N3. The fourth-order valence-electron chi connectivity index (χ4n) is 4.70. The van der Waals surface area contributed by atoms with Crippen LogP contribution in [0.5, 0.6) is 0 Å². The van der Waals surface area contributed by atoms with E-state index in [0.29, 0.717) is 6.04 Å². The number of nitrogens with one attached hydrogen (secondary N) is 1. The molecule has 3 aliphatic rings. The standard InChI is InChI=1S/C17H33N3/c1-3-19-10-6-7-15(13-19)14(2)18-16-9-12-20-11-5-4-8-17(16)20/h14-18H,3-13H2,1-2H3. The molecule has 0 aliphatic carbocycles. The summed E-state index contributed by atoms with van der Waals surface area (Å²) in [6, 6.07) is 2.30. The Hall–Kier alpha value is -0.120. The predicted molar refractivity (Wildman–Crippen MR) is 85.1 cm³/mol. The lowest BCUT2D eigenvalue weighted by Gasteiger charge is -2.38. The lowest BCUT2D eigenvalue weighted by molar-refractivity contribution is 0.138. The molecule has 3 aliphatic heterocycles. The Kier molecular flexibility index (Phi) is 5.00. The van der Waals surface area contributed by atoms with Crippen molar-refractivity contribution >= 4 is 0 Å². The van der Waals surface area contributed by atoms with Crippen LogP contribution in [0.2, 0.25) is 0 Å². The summed E-state index contributed by atoms with van der Waals surface area (Å²) in [4.78, 5) is 5.38. The summed E-state index contributed by atoms with van der Waals surface area (Å²) in [5.41, 5.74) is 0. The second-order valence-electron chi connectivity index (χ2n) is 7.25. The van der Waals surface area contributed by atoms with Gasteiger partial charge in [0.05, 0.1) is 0 Å². The van der Waals surface area contributed by atoms with Crippen LogP contribution in [0.3, 0.4) is 0 Å². The van der Waals surface area contributed by atoms with Crippen molar-refractivity contribution in [1.82, 2.24) is 15.1 Å². The molecule has 4 atom stereocenters. The number of hydrogen-bond acceptors (Lipinski definition) is 3. The third-order valence-corrected chi connectivity index (χ3v) is 6.03. The molecule has 3 fully saturated rings. The molecule has 0 radical (unpaired) electrons. The molecule has 4 unspecified atom stereocenters. The number of likely N-dealkylation sites (tertiary alicyclic amines) is 1. The number of rotatable bonds is 4. The van der Waals surface area contributed by atoms with E-state index in [9.17, 15) is 0 Å². The Morgan fingerprint density at radius 3 is 2.80 bits per heavy atom. The summed E-state index contributed by atoms with van der Waals surface area (Å²) in [6.07, 6.45) is 8.49. The van der Waals surface area contributed by atoms with E-state index in [1.54, 1.807) is 0 Å². The Bertz CT molecular complexity index is 307. The zero-order valence-electron chi connectivity index (χ0n) is 13.5. The maximum Gasteiger partial charge on any atom is 0.0249 e. The SMILES string of the molecule is CCN1CCCC(C(C)NC2CCN3CCCCC23)C1. The van der Waals surface area contributed by atoms with Gasteiger partial charge < -0.3 is 10.2 Å². The average molecular weight is 279 g/mol. The minimum Gasteiger partial charge on any atom is -0.310 e. The van der Waals surface area contributed by atoms with Gasteiger partial charge in [0.15, 0.2) is 0 Å². The van der Waals surface area contributed by atoms with Gasteiger partial charge in [-0.2, -0.15) is 0 Å². The highest BCUT2D eigenvalue weighted by Crippen LogP contribution is 2.28. The van der Waals surface area contributed by atoms with Gasteiger partial charge in [-0.3, -0.25) is 4.90 Å². The van der Waals surface area contributed by atoms with Crippen LogP contribution in [0, 0.1) is 5.92 Å². The lowest BCUT2D eigenvalue weighted by atomic mass is 9.90. The van der Waals surface area contributed by atoms with Crippen LogP contribution in [0.1, 0.15) is 52.4 Å². The molecule has 3 rings (SSSR count). The fraction of sp³-hybridized carbons (Fsp3) is 1.00. The van der Waals surface area contributed by atoms with Gasteiger partial charge in [0, 0.05) is 31.2 Å². The summed E-state index contributed by atoms with van der Waals surface area (Å²) < 4.78 is 0. The highest BCUT2D eigenvalue weighted by Gasteiger charge is 2.37. The Morgan fingerprint density at radius 1 is 1.05 bits per heavy atom. The van der Waals surface area contributed by atoms with Crippen LogP contribution in [0.25, 0.3) is 0 Å². The van der Waals surface area contributed by atoms with Crippen molar-refractivity contribution in [2.75, 3.05) is 32.7 Å². The summed E-state index contributed by atoms with van der Waals surface area (Å²) in [5, 5.41) is 4.02. The van der Waals surface area contributed by atoms with Gasteiger partial charge in [0.25, 0.3) is 0 Å². The Labute approximate surface area is 125 Å². The lowest BCUT2D eigenvalue weighted by Crippen LogP contribution is -2.51. The highest BCUT2D eigenvalue weighted by atomic mass is 15.2. The van der Waals surface area contributed by atoms with E-state index >= 15 is 0 Å². The second-order valence-corrected chi connectivity index (χ2v) is 7.25. The zero-order valence-corrected chi connectivity index (χ0v) is 13.5. The van der Waals surface area contributed by atoms with E-state index in [1.807, 2.05) is 0 Å². The molecule has 1 N–H and O–H groups in total. The number of piperidine rings is 2. The van der Waals surface area contributed by atoms with Crippen LogP contribution in [-0.4, -0.2) is 60.6 Å². The van der Waals surface area contributed by atoms with Crippen LogP contribution in [0.15, 0.2) is 0 Å². The van der Waals surface area contributed by atoms with Crippen molar-refractivity contribution in [3.05, 3.63) is 0 Å². The van der Waals surface area contributed by atoms with E-state index in [2.05, 4.69) is 29.0 Å². The van der Waals surface area contributed by atoms with Crippen molar-refractivity contribution in [3.63, 3.8) is 0 Å². The molecule has 3 heteroatoms. The van der Waals surface area contributed by atoms with E-state index in [4.69, 9.17) is 0 Å².